The molecule has 1 aliphatic heterocycles. The van der Waals surface area contributed by atoms with Crippen molar-refractivity contribution in [1.29, 1.82) is 0 Å². The molecule has 0 saturated heterocycles. The molecule has 0 amide bonds. The number of rotatable bonds is 4. The van der Waals surface area contributed by atoms with Crippen LogP contribution < -0.4 is 14.8 Å². The molecule has 8 nitrogen and oxygen atoms in total. The van der Waals surface area contributed by atoms with Gasteiger partial charge in [-0.1, -0.05) is 0 Å². The molecule has 1 unspecified atom stereocenters. The summed E-state index contributed by atoms with van der Waals surface area (Å²) >= 11 is 0. The highest BCUT2D eigenvalue weighted by Crippen LogP contribution is 2.40. The third-order valence-corrected chi connectivity index (χ3v) is 2.61. The van der Waals surface area contributed by atoms with Crippen LogP contribution in [0.5, 0.6) is 11.5 Å². The van der Waals surface area contributed by atoms with Crippen molar-refractivity contribution < 1.29 is 23.9 Å². The molecule has 1 heterocycles. The second-order valence-corrected chi connectivity index (χ2v) is 3.87. The smallest absolute Gasteiger partial charge is 0.327 e. The molecule has 2 rings (SSSR count). The number of ether oxygens (including phenoxy) is 3. The second-order valence-electron chi connectivity index (χ2n) is 3.87. The lowest BCUT2D eigenvalue weighted by Gasteiger charge is -2.13. The van der Waals surface area contributed by atoms with Gasteiger partial charge in [0.05, 0.1) is 18.1 Å². The fourth-order valence-corrected chi connectivity index (χ4v) is 1.67. The topological polar surface area (TPSA) is 99.9 Å². The molecule has 0 spiro atoms. The van der Waals surface area contributed by atoms with Crippen LogP contribution in [0.2, 0.25) is 0 Å². The minimum absolute atomic E-state index is 0.0164. The number of nitrogens with zero attached hydrogens (tertiary/aromatic N) is 1. The van der Waals surface area contributed by atoms with E-state index >= 15 is 0 Å². The normalized spacial score (nSPS) is 13.8. The monoisotopic (exact) mass is 268 g/mol. The molecule has 102 valence electrons. The first-order chi connectivity index (χ1) is 9.02. The Kier molecular flexibility index (Phi) is 3.41. The van der Waals surface area contributed by atoms with Gasteiger partial charge in [-0.05, 0) is 6.92 Å². The van der Waals surface area contributed by atoms with Crippen molar-refractivity contribution in [2.75, 3.05) is 19.2 Å². The summed E-state index contributed by atoms with van der Waals surface area (Å²) in [5, 5.41) is 13.7. The Balaban J connectivity index is 2.33. The van der Waals surface area contributed by atoms with Crippen LogP contribution in [-0.4, -0.2) is 30.8 Å². The van der Waals surface area contributed by atoms with Crippen LogP contribution in [0.1, 0.15) is 6.92 Å². The molecular weight excluding hydrogens is 256 g/mol. The Bertz CT molecular complexity index is 530. The number of nitrogens with one attached hydrogen (secondary N) is 1. The predicted molar refractivity (Wildman–Crippen MR) is 64.3 cm³/mol. The number of nitro groups is 1. The third-order valence-electron chi connectivity index (χ3n) is 2.61. The van der Waals surface area contributed by atoms with Crippen LogP contribution in [0, 0.1) is 10.1 Å². The molecule has 1 atom stereocenters. The number of carbonyl (C=O) groups excluding carboxylic acids is 1. The summed E-state index contributed by atoms with van der Waals surface area (Å²) in [6.07, 6.45) is 0. The van der Waals surface area contributed by atoms with Gasteiger partial charge in [0.15, 0.2) is 11.5 Å². The number of methoxy groups -OCH3 is 1. The molecule has 19 heavy (non-hydrogen) atoms. The minimum Gasteiger partial charge on any atom is -0.467 e. The Morgan fingerprint density at radius 1 is 1.47 bits per heavy atom. The maximum atomic E-state index is 11.3. The third kappa shape index (κ3) is 2.51. The van der Waals surface area contributed by atoms with E-state index in [2.05, 4.69) is 10.1 Å². The van der Waals surface area contributed by atoms with Gasteiger partial charge in [-0.15, -0.1) is 0 Å². The summed E-state index contributed by atoms with van der Waals surface area (Å²) in [5.74, 6) is 0.181. The molecule has 1 aromatic carbocycles. The Morgan fingerprint density at radius 2 is 2.11 bits per heavy atom. The van der Waals surface area contributed by atoms with E-state index in [0.717, 1.165) is 0 Å². The van der Waals surface area contributed by atoms with Crippen LogP contribution in [0.4, 0.5) is 11.4 Å². The van der Waals surface area contributed by atoms with Crippen LogP contribution in [-0.2, 0) is 9.53 Å². The molecule has 0 bridgehead atoms. The minimum atomic E-state index is -0.718. The number of anilines is 1. The molecule has 1 N–H and O–H groups in total. The van der Waals surface area contributed by atoms with E-state index in [1.165, 1.54) is 19.2 Å². The first-order valence-electron chi connectivity index (χ1n) is 5.45. The molecule has 0 aromatic heterocycles. The number of esters is 1. The zero-order valence-corrected chi connectivity index (χ0v) is 10.3. The summed E-state index contributed by atoms with van der Waals surface area (Å²) in [6, 6.07) is 1.97. The van der Waals surface area contributed by atoms with Crippen molar-refractivity contribution in [2.45, 2.75) is 13.0 Å². The average Bonchev–Trinajstić information content (AvgIpc) is 2.83. The number of hydrogen-bond acceptors (Lipinski definition) is 7. The summed E-state index contributed by atoms with van der Waals surface area (Å²) in [7, 11) is 1.24. The Labute approximate surface area is 108 Å². The van der Waals surface area contributed by atoms with Crippen molar-refractivity contribution >= 4 is 17.3 Å². The van der Waals surface area contributed by atoms with Gasteiger partial charge in [-0.25, -0.2) is 4.79 Å². The van der Waals surface area contributed by atoms with Gasteiger partial charge in [0, 0.05) is 6.07 Å². The molecule has 0 aliphatic carbocycles. The quantitative estimate of drug-likeness (QED) is 0.499. The van der Waals surface area contributed by atoms with E-state index in [-0.39, 0.29) is 18.2 Å². The van der Waals surface area contributed by atoms with E-state index in [4.69, 9.17) is 9.47 Å². The molecule has 1 aliphatic rings. The van der Waals surface area contributed by atoms with Crippen LogP contribution in [0.15, 0.2) is 12.1 Å². The Hall–Kier alpha value is -2.51. The van der Waals surface area contributed by atoms with E-state index < -0.39 is 16.9 Å². The fourth-order valence-electron chi connectivity index (χ4n) is 1.67. The van der Waals surface area contributed by atoms with E-state index in [9.17, 15) is 14.9 Å². The number of carbonyl (C=O) groups is 1. The lowest BCUT2D eigenvalue weighted by atomic mass is 10.2. The van der Waals surface area contributed by atoms with Crippen molar-refractivity contribution in [2.24, 2.45) is 0 Å². The first kappa shape index (κ1) is 12.9. The van der Waals surface area contributed by atoms with Crippen LogP contribution in [0.3, 0.4) is 0 Å². The van der Waals surface area contributed by atoms with Crippen molar-refractivity contribution in [3.63, 3.8) is 0 Å². The number of fused-ring (bicyclic) bond motifs is 1. The Morgan fingerprint density at radius 3 is 2.68 bits per heavy atom. The summed E-state index contributed by atoms with van der Waals surface area (Å²) in [4.78, 5) is 21.8. The highest BCUT2D eigenvalue weighted by atomic mass is 16.7. The molecule has 1 aromatic rings. The van der Waals surface area contributed by atoms with Crippen molar-refractivity contribution in [1.82, 2.24) is 0 Å². The maximum Gasteiger partial charge on any atom is 0.327 e. The number of nitro benzene ring substituents is 1. The van der Waals surface area contributed by atoms with Gasteiger partial charge >= 0.3 is 5.97 Å². The molecule has 0 fully saturated rings. The predicted octanol–water partition coefficient (Wildman–Crippen LogP) is 1.30. The fraction of sp³-hybridized carbons (Fsp3) is 0.364. The lowest BCUT2D eigenvalue weighted by molar-refractivity contribution is -0.384. The van der Waals surface area contributed by atoms with Crippen molar-refractivity contribution in [3.8, 4) is 11.5 Å². The van der Waals surface area contributed by atoms with Crippen LogP contribution >= 0.6 is 0 Å². The van der Waals surface area contributed by atoms with E-state index in [1.54, 1.807) is 6.92 Å². The standard InChI is InChI=1S/C11H12N2O6/c1-6(11(14)17-2)12-7-3-9-10(19-5-18-9)4-8(7)13(15)16/h3-4,6,12H,5H2,1-2H3. The largest absolute Gasteiger partial charge is 0.467 e. The average molecular weight is 268 g/mol. The van der Waals surface area contributed by atoms with Gasteiger partial charge < -0.3 is 19.5 Å². The number of hydrogen-bond donors (Lipinski definition) is 1. The van der Waals surface area contributed by atoms with Gasteiger partial charge in [0.1, 0.15) is 11.7 Å². The van der Waals surface area contributed by atoms with Gasteiger partial charge in [-0.3, -0.25) is 10.1 Å². The van der Waals surface area contributed by atoms with E-state index in [0.29, 0.717) is 11.5 Å². The highest BCUT2D eigenvalue weighted by molar-refractivity contribution is 5.81. The SMILES string of the molecule is COC(=O)C(C)Nc1cc2c(cc1[N+](=O)[O-])OCO2. The second kappa shape index (κ2) is 5.01. The van der Waals surface area contributed by atoms with E-state index in [1.807, 2.05) is 0 Å². The molecule has 0 radical (unpaired) electrons. The van der Waals surface area contributed by atoms with Crippen LogP contribution in [0.25, 0.3) is 0 Å². The number of benzene rings is 1. The molecular formula is C11H12N2O6. The first-order valence-corrected chi connectivity index (χ1v) is 5.45. The van der Waals surface area contributed by atoms with Gasteiger partial charge in [0.2, 0.25) is 6.79 Å². The summed E-state index contributed by atoms with van der Waals surface area (Å²) in [6.45, 7) is 1.56. The zero-order valence-electron chi connectivity index (χ0n) is 10.3. The molecule has 0 saturated carbocycles. The summed E-state index contributed by atoms with van der Waals surface area (Å²) in [5.41, 5.74) is -0.0212. The lowest BCUT2D eigenvalue weighted by Crippen LogP contribution is -2.27. The van der Waals surface area contributed by atoms with Crippen molar-refractivity contribution in [3.05, 3.63) is 22.2 Å². The van der Waals surface area contributed by atoms with Gasteiger partial charge in [0.25, 0.3) is 5.69 Å². The maximum absolute atomic E-state index is 11.3. The highest BCUT2D eigenvalue weighted by Gasteiger charge is 2.25. The zero-order chi connectivity index (χ0) is 14.0. The van der Waals surface area contributed by atoms with Gasteiger partial charge in [-0.2, -0.15) is 0 Å². The summed E-state index contributed by atoms with van der Waals surface area (Å²) < 4.78 is 14.8. The molecule has 8 heteroatoms.